The molecule has 2 aromatic carbocycles. The third kappa shape index (κ3) is 2.97. The van der Waals surface area contributed by atoms with Crippen LogP contribution in [0.25, 0.3) is 0 Å². The van der Waals surface area contributed by atoms with Gasteiger partial charge in [0.2, 0.25) is 5.91 Å². The monoisotopic (exact) mass is 353 g/mol. The highest BCUT2D eigenvalue weighted by atomic mass is 32.2. The number of carbonyl (C=O) groups is 1. The van der Waals surface area contributed by atoms with Gasteiger partial charge in [0.15, 0.2) is 0 Å². The summed E-state index contributed by atoms with van der Waals surface area (Å²) in [6.45, 7) is 9.37. The Morgan fingerprint density at radius 1 is 1.00 bits per heavy atom. The van der Waals surface area contributed by atoms with Crippen molar-refractivity contribution in [2.45, 2.75) is 30.6 Å². The SMILES string of the molecule is CC(=O)N1CCN(c2cc(C)c3c(c2)Sc2cccc(C)c2N3)CC1. The Bertz CT molecular complexity index is 841. The maximum absolute atomic E-state index is 11.5. The van der Waals surface area contributed by atoms with Crippen LogP contribution >= 0.6 is 11.8 Å². The molecular weight excluding hydrogens is 330 g/mol. The molecule has 1 saturated heterocycles. The van der Waals surface area contributed by atoms with E-state index >= 15 is 0 Å². The minimum atomic E-state index is 0.174. The molecule has 2 aliphatic rings. The molecule has 0 bridgehead atoms. The average Bonchev–Trinajstić information content (AvgIpc) is 2.61. The van der Waals surface area contributed by atoms with Gasteiger partial charge in [-0.2, -0.15) is 0 Å². The van der Waals surface area contributed by atoms with Crippen LogP contribution in [0.4, 0.5) is 17.1 Å². The molecule has 0 aromatic heterocycles. The lowest BCUT2D eigenvalue weighted by Gasteiger charge is -2.36. The third-order valence-electron chi connectivity index (χ3n) is 5.08. The molecule has 0 unspecified atom stereocenters. The summed E-state index contributed by atoms with van der Waals surface area (Å²) in [7, 11) is 0. The number of hydrogen-bond donors (Lipinski definition) is 1. The molecule has 1 N–H and O–H groups in total. The van der Waals surface area contributed by atoms with E-state index in [1.165, 1.54) is 38.0 Å². The highest BCUT2D eigenvalue weighted by molar-refractivity contribution is 7.99. The molecule has 0 saturated carbocycles. The van der Waals surface area contributed by atoms with Crippen molar-refractivity contribution in [3.05, 3.63) is 41.5 Å². The van der Waals surface area contributed by atoms with Crippen molar-refractivity contribution in [3.63, 3.8) is 0 Å². The fourth-order valence-corrected chi connectivity index (χ4v) is 4.76. The van der Waals surface area contributed by atoms with Crippen LogP contribution in [0.15, 0.2) is 40.1 Å². The minimum Gasteiger partial charge on any atom is -0.368 e. The van der Waals surface area contributed by atoms with Crippen molar-refractivity contribution in [2.75, 3.05) is 36.4 Å². The molecule has 4 nitrogen and oxygen atoms in total. The zero-order valence-corrected chi connectivity index (χ0v) is 15.7. The molecule has 130 valence electrons. The topological polar surface area (TPSA) is 35.6 Å². The van der Waals surface area contributed by atoms with Crippen LogP contribution in [-0.2, 0) is 4.79 Å². The summed E-state index contributed by atoms with van der Waals surface area (Å²) in [4.78, 5) is 18.4. The highest BCUT2D eigenvalue weighted by Crippen LogP contribution is 2.48. The largest absolute Gasteiger partial charge is 0.368 e. The van der Waals surface area contributed by atoms with Crippen molar-refractivity contribution in [2.24, 2.45) is 0 Å². The summed E-state index contributed by atoms with van der Waals surface area (Å²) < 4.78 is 0. The molecule has 0 atom stereocenters. The molecule has 0 spiro atoms. The molecule has 4 rings (SSSR count). The van der Waals surface area contributed by atoms with Crippen molar-refractivity contribution >= 4 is 34.7 Å². The number of benzene rings is 2. The predicted octanol–water partition coefficient (Wildman–Crippen LogP) is 4.18. The number of hydrogen-bond acceptors (Lipinski definition) is 4. The lowest BCUT2D eigenvalue weighted by Crippen LogP contribution is -2.48. The van der Waals surface area contributed by atoms with Crippen LogP contribution < -0.4 is 10.2 Å². The summed E-state index contributed by atoms with van der Waals surface area (Å²) in [5, 5.41) is 3.64. The maximum Gasteiger partial charge on any atom is 0.219 e. The van der Waals surface area contributed by atoms with Gasteiger partial charge in [-0.3, -0.25) is 4.79 Å². The molecule has 0 radical (unpaired) electrons. The second-order valence-corrected chi connectivity index (χ2v) is 7.89. The van der Waals surface area contributed by atoms with E-state index in [4.69, 9.17) is 0 Å². The number of rotatable bonds is 1. The molecule has 2 heterocycles. The van der Waals surface area contributed by atoms with Crippen LogP contribution in [0, 0.1) is 13.8 Å². The maximum atomic E-state index is 11.5. The number of amides is 1. The summed E-state index contributed by atoms with van der Waals surface area (Å²) in [6.07, 6.45) is 0. The fourth-order valence-electron chi connectivity index (χ4n) is 3.57. The number of fused-ring (bicyclic) bond motifs is 2. The molecular formula is C20H23N3OS. The first-order chi connectivity index (χ1) is 12.0. The van der Waals surface area contributed by atoms with E-state index in [-0.39, 0.29) is 5.91 Å². The number of piperazine rings is 1. The number of nitrogens with one attached hydrogen (secondary N) is 1. The third-order valence-corrected chi connectivity index (χ3v) is 6.18. The van der Waals surface area contributed by atoms with Crippen LogP contribution in [0.5, 0.6) is 0 Å². The fraction of sp³-hybridized carbons (Fsp3) is 0.350. The van der Waals surface area contributed by atoms with Crippen LogP contribution in [0.3, 0.4) is 0 Å². The van der Waals surface area contributed by atoms with Gasteiger partial charge in [-0.25, -0.2) is 0 Å². The number of aryl methyl sites for hydroxylation is 2. The average molecular weight is 353 g/mol. The smallest absolute Gasteiger partial charge is 0.219 e. The summed E-state index contributed by atoms with van der Waals surface area (Å²) >= 11 is 1.84. The highest BCUT2D eigenvalue weighted by Gasteiger charge is 2.23. The standard InChI is InChI=1S/C20H23N3OS/c1-13-5-4-6-17-19(13)21-20-14(2)11-16(12-18(20)25-17)23-9-7-22(8-10-23)15(3)24/h4-6,11-12,21H,7-10H2,1-3H3. The zero-order valence-electron chi connectivity index (χ0n) is 14.9. The number of carbonyl (C=O) groups excluding carboxylic acids is 1. The lowest BCUT2D eigenvalue weighted by atomic mass is 10.1. The molecule has 1 amide bonds. The second kappa shape index (κ2) is 6.30. The molecule has 5 heteroatoms. The summed E-state index contributed by atoms with van der Waals surface area (Å²) in [6, 6.07) is 11.0. The Balaban J connectivity index is 1.61. The van der Waals surface area contributed by atoms with Crippen molar-refractivity contribution in [1.82, 2.24) is 4.90 Å². The van der Waals surface area contributed by atoms with Crippen LogP contribution in [-0.4, -0.2) is 37.0 Å². The van der Waals surface area contributed by atoms with Gasteiger partial charge >= 0.3 is 0 Å². The van der Waals surface area contributed by atoms with Gasteiger partial charge in [-0.15, -0.1) is 0 Å². The lowest BCUT2D eigenvalue weighted by molar-refractivity contribution is -0.129. The van der Waals surface area contributed by atoms with Crippen molar-refractivity contribution < 1.29 is 4.79 Å². The molecule has 1 fully saturated rings. The molecule has 25 heavy (non-hydrogen) atoms. The summed E-state index contributed by atoms with van der Waals surface area (Å²) in [5.74, 6) is 0.174. The van der Waals surface area contributed by atoms with E-state index in [9.17, 15) is 4.79 Å². The van der Waals surface area contributed by atoms with Crippen molar-refractivity contribution in [1.29, 1.82) is 0 Å². The zero-order chi connectivity index (χ0) is 17.6. The number of nitrogens with zero attached hydrogens (tertiary/aromatic N) is 2. The van der Waals surface area contributed by atoms with Crippen LogP contribution in [0.1, 0.15) is 18.1 Å². The van der Waals surface area contributed by atoms with E-state index < -0.39 is 0 Å². The minimum absolute atomic E-state index is 0.174. The molecule has 0 aliphatic carbocycles. The Labute approximate surface area is 153 Å². The first-order valence-corrected chi connectivity index (χ1v) is 9.54. The van der Waals surface area contributed by atoms with Gasteiger partial charge in [-0.05, 0) is 43.2 Å². The van der Waals surface area contributed by atoms with Crippen LogP contribution in [0.2, 0.25) is 0 Å². The quantitative estimate of drug-likeness (QED) is 0.712. The predicted molar refractivity (Wildman–Crippen MR) is 104 cm³/mol. The van der Waals surface area contributed by atoms with E-state index in [1.54, 1.807) is 6.92 Å². The second-order valence-electron chi connectivity index (χ2n) is 6.80. The first kappa shape index (κ1) is 16.3. The Morgan fingerprint density at radius 3 is 2.44 bits per heavy atom. The van der Waals surface area contributed by atoms with E-state index in [1.807, 2.05) is 16.7 Å². The molecule has 2 aromatic rings. The number of para-hydroxylation sites is 1. The van der Waals surface area contributed by atoms with E-state index in [2.05, 4.69) is 54.4 Å². The Morgan fingerprint density at radius 2 is 1.72 bits per heavy atom. The van der Waals surface area contributed by atoms with E-state index in [0.717, 1.165) is 26.2 Å². The normalized spacial score (nSPS) is 16.1. The summed E-state index contributed by atoms with van der Waals surface area (Å²) in [5.41, 5.74) is 6.25. The van der Waals surface area contributed by atoms with E-state index in [0.29, 0.717) is 0 Å². The van der Waals surface area contributed by atoms with Gasteiger partial charge < -0.3 is 15.1 Å². The van der Waals surface area contributed by atoms with Gasteiger partial charge in [0.25, 0.3) is 0 Å². The first-order valence-electron chi connectivity index (χ1n) is 8.72. The van der Waals surface area contributed by atoms with Gasteiger partial charge in [0, 0.05) is 48.6 Å². The van der Waals surface area contributed by atoms with Gasteiger partial charge in [-0.1, -0.05) is 23.9 Å². The molecule has 2 aliphatic heterocycles. The number of anilines is 3. The van der Waals surface area contributed by atoms with Gasteiger partial charge in [0.1, 0.15) is 0 Å². The van der Waals surface area contributed by atoms with Crippen molar-refractivity contribution in [3.8, 4) is 0 Å². The Kier molecular flexibility index (Phi) is 4.12. The van der Waals surface area contributed by atoms with Gasteiger partial charge in [0.05, 0.1) is 11.4 Å². The Hall–Kier alpha value is -2.14.